The van der Waals surface area contributed by atoms with Gasteiger partial charge in [-0.05, 0) is 12.8 Å². The number of nitrogen functional groups attached to an aromatic ring is 1. The Kier molecular flexibility index (Phi) is 2.96. The average Bonchev–Trinajstić information content (AvgIpc) is 2.47. The lowest BCUT2D eigenvalue weighted by Crippen LogP contribution is -2.06. The lowest BCUT2D eigenvalue weighted by atomic mass is 9.96. The van der Waals surface area contributed by atoms with Crippen molar-refractivity contribution in [2.45, 2.75) is 44.4 Å². The summed E-state index contributed by atoms with van der Waals surface area (Å²) in [7, 11) is 0. The zero-order valence-corrected chi connectivity index (χ0v) is 8.45. The number of anilines is 1. The van der Waals surface area contributed by atoms with Gasteiger partial charge in [-0.1, -0.05) is 25.7 Å². The van der Waals surface area contributed by atoms with Crippen molar-refractivity contribution in [2.24, 2.45) is 0 Å². The number of aromatic nitrogens is 2. The number of nitrogens with zero attached hydrogens (tertiary/aromatic N) is 2. The monoisotopic (exact) mass is 191 g/mol. The van der Waals surface area contributed by atoms with Crippen molar-refractivity contribution in [2.75, 3.05) is 5.73 Å². The van der Waals surface area contributed by atoms with Gasteiger partial charge in [-0.25, -0.2) is 4.98 Å². The van der Waals surface area contributed by atoms with Gasteiger partial charge in [-0.2, -0.15) is 0 Å². The summed E-state index contributed by atoms with van der Waals surface area (Å²) in [4.78, 5) is 8.46. The fourth-order valence-corrected chi connectivity index (χ4v) is 2.23. The van der Waals surface area contributed by atoms with Crippen LogP contribution in [0.15, 0.2) is 12.4 Å². The van der Waals surface area contributed by atoms with Crippen molar-refractivity contribution < 1.29 is 0 Å². The van der Waals surface area contributed by atoms with Crippen LogP contribution in [0.5, 0.6) is 0 Å². The first-order valence-electron chi connectivity index (χ1n) is 5.44. The zero-order chi connectivity index (χ0) is 9.80. The number of rotatable bonds is 1. The highest BCUT2D eigenvalue weighted by molar-refractivity contribution is 5.35. The Morgan fingerprint density at radius 1 is 1.00 bits per heavy atom. The molecule has 0 aromatic carbocycles. The summed E-state index contributed by atoms with van der Waals surface area (Å²) < 4.78 is 0. The van der Waals surface area contributed by atoms with Gasteiger partial charge in [0.1, 0.15) is 5.82 Å². The summed E-state index contributed by atoms with van der Waals surface area (Å²) in [6.45, 7) is 0. The Morgan fingerprint density at radius 2 is 1.64 bits per heavy atom. The molecule has 3 heteroatoms. The van der Waals surface area contributed by atoms with E-state index in [9.17, 15) is 0 Å². The van der Waals surface area contributed by atoms with Crippen LogP contribution in [0.1, 0.15) is 50.1 Å². The van der Waals surface area contributed by atoms with E-state index in [-0.39, 0.29) is 0 Å². The lowest BCUT2D eigenvalue weighted by Gasteiger charge is -2.13. The molecule has 14 heavy (non-hydrogen) atoms. The Morgan fingerprint density at radius 3 is 2.29 bits per heavy atom. The first-order chi connectivity index (χ1) is 6.88. The Hall–Kier alpha value is -1.12. The summed E-state index contributed by atoms with van der Waals surface area (Å²) in [6.07, 6.45) is 11.2. The summed E-state index contributed by atoms with van der Waals surface area (Å²) in [5, 5.41) is 0. The number of hydrogen-bond acceptors (Lipinski definition) is 3. The molecule has 0 bridgehead atoms. The second-order valence-electron chi connectivity index (χ2n) is 4.02. The van der Waals surface area contributed by atoms with Gasteiger partial charge in [-0.15, -0.1) is 0 Å². The maximum Gasteiger partial charge on any atom is 0.145 e. The second kappa shape index (κ2) is 4.40. The van der Waals surface area contributed by atoms with E-state index in [4.69, 9.17) is 5.73 Å². The van der Waals surface area contributed by atoms with E-state index in [1.807, 2.05) is 0 Å². The van der Waals surface area contributed by atoms with Crippen LogP contribution in [0.25, 0.3) is 0 Å². The van der Waals surface area contributed by atoms with Crippen molar-refractivity contribution in [1.29, 1.82) is 0 Å². The van der Waals surface area contributed by atoms with Crippen LogP contribution in [-0.2, 0) is 0 Å². The van der Waals surface area contributed by atoms with E-state index in [1.165, 1.54) is 38.5 Å². The highest BCUT2D eigenvalue weighted by Gasteiger charge is 2.17. The first-order valence-corrected chi connectivity index (χ1v) is 5.44. The average molecular weight is 191 g/mol. The van der Waals surface area contributed by atoms with Gasteiger partial charge in [-0.3, -0.25) is 4.98 Å². The fraction of sp³-hybridized carbons (Fsp3) is 0.636. The normalized spacial score (nSPS) is 19.1. The molecule has 76 valence electrons. The van der Waals surface area contributed by atoms with Crippen LogP contribution < -0.4 is 5.73 Å². The van der Waals surface area contributed by atoms with Crippen LogP contribution in [0.3, 0.4) is 0 Å². The molecule has 2 rings (SSSR count). The van der Waals surface area contributed by atoms with Gasteiger partial charge in [0, 0.05) is 18.3 Å². The Bertz CT molecular complexity index is 290. The molecule has 2 N–H and O–H groups in total. The van der Waals surface area contributed by atoms with Crippen molar-refractivity contribution in [3.05, 3.63) is 18.1 Å². The summed E-state index contributed by atoms with van der Waals surface area (Å²) in [5.74, 6) is 1.17. The largest absolute Gasteiger partial charge is 0.382 e. The molecular formula is C11H17N3. The summed E-state index contributed by atoms with van der Waals surface area (Å²) in [6, 6.07) is 0. The molecule has 0 aliphatic heterocycles. The van der Waals surface area contributed by atoms with Crippen molar-refractivity contribution in [3.8, 4) is 0 Å². The number of nitrogens with two attached hydrogens (primary N) is 1. The molecule has 0 atom stereocenters. The van der Waals surface area contributed by atoms with Crippen molar-refractivity contribution >= 4 is 5.82 Å². The quantitative estimate of drug-likeness (QED) is 0.694. The highest BCUT2D eigenvalue weighted by Crippen LogP contribution is 2.32. The maximum atomic E-state index is 5.83. The van der Waals surface area contributed by atoms with Crippen LogP contribution in [0.2, 0.25) is 0 Å². The minimum atomic E-state index is 0.547. The van der Waals surface area contributed by atoms with Crippen LogP contribution in [0, 0.1) is 0 Å². The molecule has 1 aromatic rings. The standard InChI is InChI=1S/C11H17N3/c12-11-10(13-7-8-14-11)9-5-3-1-2-4-6-9/h7-9H,1-6H2,(H2,12,14). The molecular weight excluding hydrogens is 174 g/mol. The zero-order valence-electron chi connectivity index (χ0n) is 8.45. The molecule has 0 radical (unpaired) electrons. The predicted molar refractivity (Wildman–Crippen MR) is 56.9 cm³/mol. The third kappa shape index (κ3) is 2.03. The van der Waals surface area contributed by atoms with Crippen LogP contribution in [0.4, 0.5) is 5.82 Å². The second-order valence-corrected chi connectivity index (χ2v) is 4.02. The molecule has 1 aromatic heterocycles. The highest BCUT2D eigenvalue weighted by atomic mass is 14.9. The van der Waals surface area contributed by atoms with E-state index in [1.54, 1.807) is 12.4 Å². The van der Waals surface area contributed by atoms with Gasteiger partial charge in [0.25, 0.3) is 0 Å². The fourth-order valence-electron chi connectivity index (χ4n) is 2.23. The molecule has 0 unspecified atom stereocenters. The van der Waals surface area contributed by atoms with Gasteiger partial charge in [0.2, 0.25) is 0 Å². The smallest absolute Gasteiger partial charge is 0.145 e. The van der Waals surface area contributed by atoms with Gasteiger partial charge in [0.05, 0.1) is 5.69 Å². The van der Waals surface area contributed by atoms with E-state index >= 15 is 0 Å². The SMILES string of the molecule is Nc1nccnc1C1CCCCCC1. The minimum absolute atomic E-state index is 0.547. The topological polar surface area (TPSA) is 51.8 Å². The van der Waals surface area contributed by atoms with Crippen LogP contribution >= 0.6 is 0 Å². The molecule has 3 nitrogen and oxygen atoms in total. The predicted octanol–water partition coefficient (Wildman–Crippen LogP) is 2.50. The molecule has 1 saturated carbocycles. The summed E-state index contributed by atoms with van der Waals surface area (Å²) in [5.41, 5.74) is 6.85. The third-order valence-corrected chi connectivity index (χ3v) is 3.00. The van der Waals surface area contributed by atoms with E-state index in [0.29, 0.717) is 11.7 Å². The van der Waals surface area contributed by atoms with Gasteiger partial charge < -0.3 is 5.73 Å². The molecule has 1 fully saturated rings. The molecule has 0 saturated heterocycles. The van der Waals surface area contributed by atoms with Crippen LogP contribution in [-0.4, -0.2) is 9.97 Å². The van der Waals surface area contributed by atoms with E-state index in [0.717, 1.165) is 5.69 Å². The molecule has 1 aliphatic rings. The van der Waals surface area contributed by atoms with Gasteiger partial charge in [0.15, 0.2) is 0 Å². The van der Waals surface area contributed by atoms with Gasteiger partial charge >= 0.3 is 0 Å². The summed E-state index contributed by atoms with van der Waals surface area (Å²) >= 11 is 0. The molecule has 1 aliphatic carbocycles. The maximum absolute atomic E-state index is 5.83. The third-order valence-electron chi connectivity index (χ3n) is 3.00. The first kappa shape index (κ1) is 9.44. The lowest BCUT2D eigenvalue weighted by molar-refractivity contribution is 0.577. The van der Waals surface area contributed by atoms with Crippen molar-refractivity contribution in [1.82, 2.24) is 9.97 Å². The number of hydrogen-bond donors (Lipinski definition) is 1. The Labute approximate surface area is 84.8 Å². The van der Waals surface area contributed by atoms with E-state index in [2.05, 4.69) is 9.97 Å². The Balaban J connectivity index is 2.16. The molecule has 0 amide bonds. The van der Waals surface area contributed by atoms with Crippen molar-refractivity contribution in [3.63, 3.8) is 0 Å². The van der Waals surface area contributed by atoms with E-state index < -0.39 is 0 Å². The minimum Gasteiger partial charge on any atom is -0.382 e. The molecule has 0 spiro atoms. The molecule has 1 heterocycles.